The Labute approximate surface area is 124 Å². The summed E-state index contributed by atoms with van der Waals surface area (Å²) < 4.78 is 5.84. The second kappa shape index (κ2) is 4.62. The van der Waals surface area contributed by atoms with Gasteiger partial charge in [-0.3, -0.25) is 0 Å². The van der Waals surface area contributed by atoms with E-state index in [1.807, 2.05) is 0 Å². The zero-order chi connectivity index (χ0) is 14.4. The van der Waals surface area contributed by atoms with Crippen LogP contribution >= 0.6 is 0 Å². The highest BCUT2D eigenvalue weighted by Gasteiger charge is 2.42. The average molecular weight is 278 g/mol. The summed E-state index contributed by atoms with van der Waals surface area (Å²) >= 11 is 0. The van der Waals surface area contributed by atoms with Crippen molar-refractivity contribution in [2.24, 2.45) is 16.6 Å². The van der Waals surface area contributed by atoms with Crippen molar-refractivity contribution in [2.75, 3.05) is 0 Å². The van der Waals surface area contributed by atoms with E-state index < -0.39 is 0 Å². The minimum atomic E-state index is 0.0324. The van der Waals surface area contributed by atoms with E-state index in [0.717, 1.165) is 6.42 Å². The van der Waals surface area contributed by atoms with Gasteiger partial charge in [0.1, 0.15) is 6.10 Å². The van der Waals surface area contributed by atoms with Crippen molar-refractivity contribution < 1.29 is 4.74 Å². The first-order valence-corrected chi connectivity index (χ1v) is 7.36. The highest BCUT2D eigenvalue weighted by molar-refractivity contribution is 5.73. The highest BCUT2D eigenvalue weighted by atomic mass is 16.5. The molecule has 0 unspecified atom stereocenters. The van der Waals surface area contributed by atoms with Crippen molar-refractivity contribution in [1.29, 1.82) is 0 Å². The molecule has 0 fully saturated rings. The molecule has 0 saturated heterocycles. The molecule has 4 rings (SSSR count). The summed E-state index contributed by atoms with van der Waals surface area (Å²) in [6.07, 6.45) is 1.03. The van der Waals surface area contributed by atoms with Crippen molar-refractivity contribution in [3.63, 3.8) is 0 Å². The third kappa shape index (κ3) is 2.00. The number of nitrogens with two attached hydrogens (primary N) is 1. The van der Waals surface area contributed by atoms with Crippen molar-refractivity contribution in [1.82, 2.24) is 0 Å². The fraction of sp³-hybridized carbons (Fsp3) is 0.278. The van der Waals surface area contributed by atoms with E-state index in [9.17, 15) is 0 Å². The molecule has 3 nitrogen and oxygen atoms in total. The van der Waals surface area contributed by atoms with Gasteiger partial charge in [-0.05, 0) is 30.0 Å². The molecule has 0 spiro atoms. The summed E-state index contributed by atoms with van der Waals surface area (Å²) in [4.78, 5) is 4.58. The van der Waals surface area contributed by atoms with Crippen LogP contribution in [0.5, 0.6) is 0 Å². The predicted octanol–water partition coefficient (Wildman–Crippen LogP) is 3.29. The molecule has 2 aromatic carbocycles. The second-order valence-electron chi connectivity index (χ2n) is 5.93. The van der Waals surface area contributed by atoms with Crippen LogP contribution in [0.25, 0.3) is 0 Å². The molecule has 2 aliphatic rings. The first kappa shape index (κ1) is 12.5. The maximum Gasteiger partial charge on any atom is 0.283 e. The van der Waals surface area contributed by atoms with Gasteiger partial charge < -0.3 is 10.5 Å². The quantitative estimate of drug-likeness (QED) is 0.870. The minimum Gasteiger partial charge on any atom is -0.457 e. The van der Waals surface area contributed by atoms with Crippen LogP contribution in [0.3, 0.4) is 0 Å². The van der Waals surface area contributed by atoms with Gasteiger partial charge in [0.25, 0.3) is 6.02 Å². The third-order valence-electron chi connectivity index (χ3n) is 4.54. The van der Waals surface area contributed by atoms with Crippen molar-refractivity contribution in [3.05, 3.63) is 70.8 Å². The van der Waals surface area contributed by atoms with Crippen LogP contribution in [0, 0.1) is 12.8 Å². The number of aryl methyl sites for hydroxylation is 1. The Kier molecular flexibility index (Phi) is 2.74. The summed E-state index contributed by atoms with van der Waals surface area (Å²) in [5.74, 6) is 0.331. The molecule has 1 heterocycles. The van der Waals surface area contributed by atoms with E-state index in [-0.39, 0.29) is 12.1 Å². The number of fused-ring (bicyclic) bond motifs is 3. The molecule has 3 atom stereocenters. The Bertz CT molecular complexity index is 705. The zero-order valence-corrected chi connectivity index (χ0v) is 12.0. The van der Waals surface area contributed by atoms with Crippen molar-refractivity contribution in [2.45, 2.75) is 25.5 Å². The molecule has 106 valence electrons. The summed E-state index contributed by atoms with van der Waals surface area (Å²) in [5, 5.41) is 0. The van der Waals surface area contributed by atoms with E-state index in [2.05, 4.69) is 60.4 Å². The molecule has 0 bridgehead atoms. The van der Waals surface area contributed by atoms with Crippen molar-refractivity contribution in [3.8, 4) is 0 Å². The first-order valence-electron chi connectivity index (χ1n) is 7.36. The van der Waals surface area contributed by atoms with Crippen LogP contribution < -0.4 is 5.73 Å². The van der Waals surface area contributed by atoms with E-state index in [0.29, 0.717) is 11.9 Å². The lowest BCUT2D eigenvalue weighted by Crippen LogP contribution is -2.31. The van der Waals surface area contributed by atoms with E-state index in [1.165, 1.54) is 22.3 Å². The van der Waals surface area contributed by atoms with Crippen LogP contribution in [-0.4, -0.2) is 6.02 Å². The molecule has 1 aliphatic carbocycles. The standard InChI is InChI=1S/C18H18N2O/c1-11-6-8-12(9-7-11)16-15-10-13-4-2-3-5-14(13)17(15)21-18(19)20-16/h2-9,15-17H,10H2,1H3,(H2,19,20)/t15-,16-,17+/m0/s1. The largest absolute Gasteiger partial charge is 0.457 e. The summed E-state index contributed by atoms with van der Waals surface area (Å²) in [6.45, 7) is 2.10. The Balaban J connectivity index is 1.76. The maximum atomic E-state index is 5.93. The van der Waals surface area contributed by atoms with Gasteiger partial charge in [0.05, 0.1) is 6.04 Å². The molecule has 2 aromatic rings. The number of hydrogen-bond acceptors (Lipinski definition) is 3. The lowest BCUT2D eigenvalue weighted by molar-refractivity contribution is 0.0964. The molecule has 0 amide bonds. The Morgan fingerprint density at radius 2 is 1.86 bits per heavy atom. The lowest BCUT2D eigenvalue weighted by Gasteiger charge is -2.31. The molecular formula is C18H18N2O. The topological polar surface area (TPSA) is 47.6 Å². The fourth-order valence-electron chi connectivity index (χ4n) is 3.50. The van der Waals surface area contributed by atoms with Crippen LogP contribution in [0.1, 0.15) is 34.4 Å². The minimum absolute atomic E-state index is 0.0324. The number of rotatable bonds is 1. The van der Waals surface area contributed by atoms with Crippen LogP contribution in [0.2, 0.25) is 0 Å². The number of hydrogen-bond donors (Lipinski definition) is 1. The number of aliphatic imine (C=N–C) groups is 1. The van der Waals surface area contributed by atoms with Gasteiger partial charge in [-0.1, -0.05) is 54.1 Å². The molecule has 1 aliphatic heterocycles. The van der Waals surface area contributed by atoms with E-state index in [4.69, 9.17) is 10.5 Å². The van der Waals surface area contributed by atoms with Gasteiger partial charge in [-0.25, -0.2) is 4.99 Å². The predicted molar refractivity (Wildman–Crippen MR) is 83.0 cm³/mol. The number of nitrogens with zero attached hydrogens (tertiary/aromatic N) is 1. The van der Waals surface area contributed by atoms with Gasteiger partial charge in [-0.15, -0.1) is 0 Å². The van der Waals surface area contributed by atoms with Crippen LogP contribution in [0.4, 0.5) is 0 Å². The average Bonchev–Trinajstić information content (AvgIpc) is 2.86. The molecule has 2 N–H and O–H groups in total. The lowest BCUT2D eigenvalue weighted by atomic mass is 9.88. The molecule has 0 radical (unpaired) electrons. The monoisotopic (exact) mass is 278 g/mol. The third-order valence-corrected chi connectivity index (χ3v) is 4.54. The summed E-state index contributed by atoms with van der Waals surface area (Å²) in [5.41, 5.74) is 11.0. The fourth-order valence-corrected chi connectivity index (χ4v) is 3.50. The second-order valence-corrected chi connectivity index (χ2v) is 5.93. The molecule has 3 heteroatoms. The Morgan fingerprint density at radius 3 is 2.67 bits per heavy atom. The smallest absolute Gasteiger partial charge is 0.283 e. The first-order chi connectivity index (χ1) is 10.2. The molecule has 21 heavy (non-hydrogen) atoms. The SMILES string of the molecule is Cc1ccc([C@@H]2N=C(N)O[C@@H]3c4ccccc4C[C@H]32)cc1. The Morgan fingerprint density at radius 1 is 1.10 bits per heavy atom. The van der Waals surface area contributed by atoms with Crippen LogP contribution in [-0.2, 0) is 11.2 Å². The number of ether oxygens (including phenoxy) is 1. The van der Waals surface area contributed by atoms with Gasteiger partial charge in [0.2, 0.25) is 0 Å². The maximum absolute atomic E-state index is 5.93. The molecular weight excluding hydrogens is 260 g/mol. The summed E-state index contributed by atoms with van der Waals surface area (Å²) in [6, 6.07) is 17.4. The van der Waals surface area contributed by atoms with E-state index in [1.54, 1.807) is 0 Å². The van der Waals surface area contributed by atoms with Gasteiger partial charge >= 0.3 is 0 Å². The van der Waals surface area contributed by atoms with Gasteiger partial charge in [-0.2, -0.15) is 0 Å². The number of amidine groups is 1. The van der Waals surface area contributed by atoms with Gasteiger partial charge in [0, 0.05) is 5.92 Å². The highest BCUT2D eigenvalue weighted by Crippen LogP contribution is 2.48. The normalized spacial score (nSPS) is 26.5. The Hall–Kier alpha value is -2.29. The molecule has 0 aromatic heterocycles. The molecule has 0 saturated carbocycles. The number of benzene rings is 2. The van der Waals surface area contributed by atoms with Crippen molar-refractivity contribution >= 4 is 6.02 Å². The van der Waals surface area contributed by atoms with E-state index >= 15 is 0 Å². The summed E-state index contributed by atoms with van der Waals surface area (Å²) in [7, 11) is 0. The van der Waals surface area contributed by atoms with Crippen LogP contribution in [0.15, 0.2) is 53.5 Å². The van der Waals surface area contributed by atoms with Gasteiger partial charge in [0.15, 0.2) is 0 Å². The zero-order valence-electron chi connectivity index (χ0n) is 12.0.